The van der Waals surface area contributed by atoms with E-state index in [9.17, 15) is 4.79 Å². The average molecular weight is 290 g/mol. The second-order valence-corrected chi connectivity index (χ2v) is 5.84. The zero-order valence-corrected chi connectivity index (χ0v) is 13.1. The molecule has 116 valence electrons. The fourth-order valence-electron chi connectivity index (χ4n) is 2.66. The van der Waals surface area contributed by atoms with E-state index in [4.69, 9.17) is 0 Å². The van der Waals surface area contributed by atoms with Crippen LogP contribution in [0.3, 0.4) is 0 Å². The maximum absolute atomic E-state index is 11.8. The lowest BCUT2D eigenvalue weighted by molar-refractivity contribution is 0.0953. The third-order valence-electron chi connectivity index (χ3n) is 3.86. The van der Waals surface area contributed by atoms with Crippen LogP contribution in [0.5, 0.6) is 0 Å². The molecule has 1 aliphatic rings. The summed E-state index contributed by atoms with van der Waals surface area (Å²) in [6.45, 7) is 6.03. The number of likely N-dealkylation sites (tertiary alicyclic amines) is 1. The third kappa shape index (κ3) is 5.01. The molecular weight excluding hydrogens is 264 g/mol. The molecule has 5 heteroatoms. The highest BCUT2D eigenvalue weighted by Gasteiger charge is 2.16. The number of carbonyl (C=O) groups excluding carboxylic acids is 1. The Kier molecular flexibility index (Phi) is 5.99. The first kappa shape index (κ1) is 15.8. The van der Waals surface area contributed by atoms with Crippen LogP contribution in [0.1, 0.15) is 36.5 Å². The molecule has 0 aliphatic carbocycles. The highest BCUT2D eigenvalue weighted by molar-refractivity contribution is 5.93. The van der Waals surface area contributed by atoms with Gasteiger partial charge < -0.3 is 15.5 Å². The number of amides is 1. The first-order valence-electron chi connectivity index (χ1n) is 7.85. The fourth-order valence-corrected chi connectivity index (χ4v) is 2.66. The summed E-state index contributed by atoms with van der Waals surface area (Å²) in [6.07, 6.45) is 5.12. The monoisotopic (exact) mass is 290 g/mol. The molecule has 0 aromatic carbocycles. The normalized spacial score (nSPS) is 19.2. The summed E-state index contributed by atoms with van der Waals surface area (Å²) in [5, 5.41) is 6.23. The molecule has 1 aromatic rings. The second-order valence-electron chi connectivity index (χ2n) is 5.84. The van der Waals surface area contributed by atoms with Crippen LogP contribution in [0, 0.1) is 5.92 Å². The smallest absolute Gasteiger partial charge is 0.252 e. The van der Waals surface area contributed by atoms with Gasteiger partial charge in [0.05, 0.1) is 5.56 Å². The van der Waals surface area contributed by atoms with Gasteiger partial charge in [-0.15, -0.1) is 0 Å². The number of carbonyl (C=O) groups is 1. The summed E-state index contributed by atoms with van der Waals surface area (Å²) in [5.41, 5.74) is 0.617. The number of rotatable bonds is 6. The van der Waals surface area contributed by atoms with Gasteiger partial charge in [0.25, 0.3) is 5.91 Å². The molecular formula is C16H26N4O. The van der Waals surface area contributed by atoms with Crippen LogP contribution in [-0.2, 0) is 0 Å². The Bertz CT molecular complexity index is 446. The van der Waals surface area contributed by atoms with E-state index in [0.29, 0.717) is 18.0 Å². The van der Waals surface area contributed by atoms with Crippen molar-refractivity contribution in [2.45, 2.75) is 26.2 Å². The van der Waals surface area contributed by atoms with Crippen LogP contribution in [0.25, 0.3) is 0 Å². The average Bonchev–Trinajstić information content (AvgIpc) is 2.51. The van der Waals surface area contributed by atoms with E-state index in [1.54, 1.807) is 6.20 Å². The summed E-state index contributed by atoms with van der Waals surface area (Å²) >= 11 is 0. The van der Waals surface area contributed by atoms with Crippen LogP contribution < -0.4 is 10.6 Å². The van der Waals surface area contributed by atoms with E-state index >= 15 is 0 Å². The maximum Gasteiger partial charge on any atom is 0.252 e. The predicted octanol–water partition coefficient (Wildman–Crippen LogP) is 1.98. The molecule has 1 amide bonds. The number of nitrogens with one attached hydrogen (secondary N) is 2. The first-order valence-corrected chi connectivity index (χ1v) is 7.85. The minimum absolute atomic E-state index is 0.0511. The lowest BCUT2D eigenvalue weighted by Crippen LogP contribution is -2.35. The van der Waals surface area contributed by atoms with Gasteiger partial charge in [0, 0.05) is 25.8 Å². The number of pyridine rings is 1. The van der Waals surface area contributed by atoms with E-state index in [1.165, 1.54) is 19.4 Å². The number of hydrogen-bond acceptors (Lipinski definition) is 4. The standard InChI is InChI=1S/C16H26N4O/c1-3-8-17-16(21)14-6-7-15(19-11-14)18-10-13-5-4-9-20(2)12-13/h6-7,11,13H,3-5,8-10,12H2,1-2H3,(H,17,21)(H,18,19). The topological polar surface area (TPSA) is 57.3 Å². The Morgan fingerprint density at radius 2 is 2.33 bits per heavy atom. The molecule has 2 heterocycles. The zero-order valence-electron chi connectivity index (χ0n) is 13.1. The van der Waals surface area contributed by atoms with E-state index in [1.807, 2.05) is 19.1 Å². The number of piperidine rings is 1. The molecule has 1 atom stereocenters. The van der Waals surface area contributed by atoms with Crippen molar-refractivity contribution in [3.05, 3.63) is 23.9 Å². The van der Waals surface area contributed by atoms with Gasteiger partial charge >= 0.3 is 0 Å². The van der Waals surface area contributed by atoms with Crippen LogP contribution in [-0.4, -0.2) is 49.0 Å². The van der Waals surface area contributed by atoms with Gasteiger partial charge in [-0.05, 0) is 50.9 Å². The molecule has 1 aromatic heterocycles. The molecule has 0 bridgehead atoms. The SMILES string of the molecule is CCCNC(=O)c1ccc(NCC2CCCN(C)C2)nc1. The molecule has 21 heavy (non-hydrogen) atoms. The Hall–Kier alpha value is -1.62. The fraction of sp³-hybridized carbons (Fsp3) is 0.625. The van der Waals surface area contributed by atoms with Crippen LogP contribution in [0.15, 0.2) is 18.3 Å². The van der Waals surface area contributed by atoms with Crippen LogP contribution in [0.4, 0.5) is 5.82 Å². The summed E-state index contributed by atoms with van der Waals surface area (Å²) < 4.78 is 0. The quantitative estimate of drug-likeness (QED) is 0.841. The van der Waals surface area contributed by atoms with Crippen molar-refractivity contribution in [1.29, 1.82) is 0 Å². The van der Waals surface area contributed by atoms with Gasteiger partial charge in [0.15, 0.2) is 0 Å². The number of nitrogens with zero attached hydrogens (tertiary/aromatic N) is 2. The molecule has 1 unspecified atom stereocenters. The summed E-state index contributed by atoms with van der Waals surface area (Å²) in [5.74, 6) is 1.47. The predicted molar refractivity (Wildman–Crippen MR) is 85.6 cm³/mol. The third-order valence-corrected chi connectivity index (χ3v) is 3.86. The van der Waals surface area contributed by atoms with Crippen LogP contribution >= 0.6 is 0 Å². The maximum atomic E-state index is 11.8. The summed E-state index contributed by atoms with van der Waals surface area (Å²) in [7, 11) is 2.17. The van der Waals surface area contributed by atoms with E-state index in [-0.39, 0.29) is 5.91 Å². The second kappa shape index (κ2) is 7.98. The zero-order chi connectivity index (χ0) is 15.1. The molecule has 1 aliphatic heterocycles. The molecule has 5 nitrogen and oxygen atoms in total. The summed E-state index contributed by atoms with van der Waals surface area (Å²) in [6, 6.07) is 3.71. The van der Waals surface area contributed by atoms with Gasteiger partial charge in [0.2, 0.25) is 0 Å². The molecule has 1 saturated heterocycles. The van der Waals surface area contributed by atoms with Crippen molar-refractivity contribution in [1.82, 2.24) is 15.2 Å². The molecule has 0 saturated carbocycles. The van der Waals surface area contributed by atoms with Gasteiger partial charge in [-0.1, -0.05) is 6.92 Å². The lowest BCUT2D eigenvalue weighted by Gasteiger charge is -2.29. The summed E-state index contributed by atoms with van der Waals surface area (Å²) in [4.78, 5) is 18.5. The van der Waals surface area contributed by atoms with Crippen molar-refractivity contribution in [2.75, 3.05) is 38.5 Å². The van der Waals surface area contributed by atoms with Crippen molar-refractivity contribution in [3.8, 4) is 0 Å². The number of anilines is 1. The Balaban J connectivity index is 1.80. The van der Waals surface area contributed by atoms with Crippen molar-refractivity contribution in [3.63, 3.8) is 0 Å². The first-order chi connectivity index (χ1) is 10.2. The molecule has 2 N–H and O–H groups in total. The highest BCUT2D eigenvalue weighted by Crippen LogP contribution is 2.15. The van der Waals surface area contributed by atoms with Crippen molar-refractivity contribution < 1.29 is 4.79 Å². The molecule has 0 radical (unpaired) electrons. The molecule has 0 spiro atoms. The van der Waals surface area contributed by atoms with E-state index in [0.717, 1.165) is 25.3 Å². The molecule has 1 fully saturated rings. The van der Waals surface area contributed by atoms with Crippen molar-refractivity contribution >= 4 is 11.7 Å². The Morgan fingerprint density at radius 3 is 3.00 bits per heavy atom. The lowest BCUT2D eigenvalue weighted by atomic mass is 9.98. The number of aromatic nitrogens is 1. The van der Waals surface area contributed by atoms with Gasteiger partial charge in [-0.3, -0.25) is 4.79 Å². The van der Waals surface area contributed by atoms with E-state index < -0.39 is 0 Å². The van der Waals surface area contributed by atoms with Crippen LogP contribution in [0.2, 0.25) is 0 Å². The van der Waals surface area contributed by atoms with Gasteiger partial charge in [-0.2, -0.15) is 0 Å². The highest BCUT2D eigenvalue weighted by atomic mass is 16.1. The number of hydrogen-bond donors (Lipinski definition) is 2. The Morgan fingerprint density at radius 1 is 1.48 bits per heavy atom. The van der Waals surface area contributed by atoms with E-state index in [2.05, 4.69) is 27.6 Å². The molecule has 2 rings (SSSR count). The van der Waals surface area contributed by atoms with Gasteiger partial charge in [-0.25, -0.2) is 4.98 Å². The largest absolute Gasteiger partial charge is 0.370 e. The Labute approximate surface area is 127 Å². The van der Waals surface area contributed by atoms with Gasteiger partial charge in [0.1, 0.15) is 5.82 Å². The van der Waals surface area contributed by atoms with Crippen molar-refractivity contribution in [2.24, 2.45) is 5.92 Å². The minimum Gasteiger partial charge on any atom is -0.370 e. The minimum atomic E-state index is -0.0511.